The van der Waals surface area contributed by atoms with Gasteiger partial charge in [-0.05, 0) is 39.3 Å². The summed E-state index contributed by atoms with van der Waals surface area (Å²) >= 11 is 0. The molecular formula is C13H22N2O. The SMILES string of the molecule is CC#CC(O)[C@@H]1C[C@@H](CN2CCCCC2)N1. The second-order valence-electron chi connectivity index (χ2n) is 4.91. The molecule has 2 aliphatic heterocycles. The molecule has 2 rings (SSSR count). The molecule has 0 bridgehead atoms. The van der Waals surface area contributed by atoms with Gasteiger partial charge in [0.2, 0.25) is 0 Å². The maximum absolute atomic E-state index is 9.64. The van der Waals surface area contributed by atoms with Crippen LogP contribution in [0, 0.1) is 11.8 Å². The van der Waals surface area contributed by atoms with Crippen molar-refractivity contribution in [2.45, 2.75) is 50.8 Å². The Bertz CT molecular complexity index is 269. The molecule has 3 nitrogen and oxygen atoms in total. The predicted octanol–water partition coefficient (Wildman–Crippen LogP) is 0.587. The van der Waals surface area contributed by atoms with Gasteiger partial charge >= 0.3 is 0 Å². The summed E-state index contributed by atoms with van der Waals surface area (Å²) < 4.78 is 0. The zero-order valence-corrected chi connectivity index (χ0v) is 10.1. The minimum Gasteiger partial charge on any atom is -0.379 e. The van der Waals surface area contributed by atoms with E-state index in [-0.39, 0.29) is 6.04 Å². The lowest BCUT2D eigenvalue weighted by molar-refractivity contribution is 0.0860. The number of rotatable bonds is 3. The average molecular weight is 222 g/mol. The van der Waals surface area contributed by atoms with Gasteiger partial charge in [0.1, 0.15) is 6.10 Å². The van der Waals surface area contributed by atoms with Gasteiger partial charge in [0.05, 0.1) is 0 Å². The first kappa shape index (κ1) is 11.9. The van der Waals surface area contributed by atoms with Gasteiger partial charge in [-0.1, -0.05) is 12.3 Å². The Morgan fingerprint density at radius 1 is 1.38 bits per heavy atom. The summed E-state index contributed by atoms with van der Waals surface area (Å²) in [6, 6.07) is 0.763. The minimum atomic E-state index is -0.484. The Morgan fingerprint density at radius 3 is 2.69 bits per heavy atom. The number of aliphatic hydroxyl groups excluding tert-OH is 1. The van der Waals surface area contributed by atoms with Crippen molar-refractivity contribution in [1.29, 1.82) is 0 Å². The molecule has 0 radical (unpaired) electrons. The molecule has 2 saturated heterocycles. The highest BCUT2D eigenvalue weighted by molar-refractivity contribution is 5.10. The molecule has 1 unspecified atom stereocenters. The van der Waals surface area contributed by atoms with Crippen molar-refractivity contribution in [3.05, 3.63) is 0 Å². The number of nitrogens with one attached hydrogen (secondary N) is 1. The van der Waals surface area contributed by atoms with Gasteiger partial charge in [0, 0.05) is 18.6 Å². The smallest absolute Gasteiger partial charge is 0.130 e. The van der Waals surface area contributed by atoms with Crippen LogP contribution in [0.15, 0.2) is 0 Å². The summed E-state index contributed by atoms with van der Waals surface area (Å²) in [6.45, 7) is 5.41. The number of aliphatic hydroxyl groups is 1. The molecule has 2 fully saturated rings. The third-order valence-electron chi connectivity index (χ3n) is 3.59. The molecular weight excluding hydrogens is 200 g/mol. The van der Waals surface area contributed by atoms with E-state index < -0.39 is 6.10 Å². The number of likely N-dealkylation sites (tertiary alicyclic amines) is 1. The highest BCUT2D eigenvalue weighted by Crippen LogP contribution is 2.18. The quantitative estimate of drug-likeness (QED) is 0.686. The van der Waals surface area contributed by atoms with Gasteiger partial charge in [-0.15, -0.1) is 5.92 Å². The van der Waals surface area contributed by atoms with Crippen molar-refractivity contribution in [3.8, 4) is 11.8 Å². The van der Waals surface area contributed by atoms with Crippen LogP contribution in [0.3, 0.4) is 0 Å². The second kappa shape index (κ2) is 5.67. The van der Waals surface area contributed by atoms with E-state index in [1.165, 1.54) is 32.4 Å². The zero-order valence-electron chi connectivity index (χ0n) is 10.1. The van der Waals surface area contributed by atoms with E-state index in [1.807, 2.05) is 0 Å². The minimum absolute atomic E-state index is 0.197. The van der Waals surface area contributed by atoms with E-state index >= 15 is 0 Å². The predicted molar refractivity (Wildman–Crippen MR) is 65.1 cm³/mol. The van der Waals surface area contributed by atoms with Gasteiger partial charge in [-0.3, -0.25) is 0 Å². The fraction of sp³-hybridized carbons (Fsp3) is 0.846. The monoisotopic (exact) mass is 222 g/mol. The van der Waals surface area contributed by atoms with Crippen LogP contribution in [0.25, 0.3) is 0 Å². The average Bonchev–Trinajstić information content (AvgIpc) is 2.24. The van der Waals surface area contributed by atoms with E-state index in [1.54, 1.807) is 6.92 Å². The van der Waals surface area contributed by atoms with Crippen molar-refractivity contribution < 1.29 is 5.11 Å². The first-order chi connectivity index (χ1) is 7.79. The number of hydrogen-bond acceptors (Lipinski definition) is 3. The number of nitrogens with zero attached hydrogens (tertiary/aromatic N) is 1. The Kier molecular flexibility index (Phi) is 4.22. The topological polar surface area (TPSA) is 35.5 Å². The van der Waals surface area contributed by atoms with Crippen LogP contribution in [0.1, 0.15) is 32.6 Å². The van der Waals surface area contributed by atoms with Crippen LogP contribution in [-0.2, 0) is 0 Å². The zero-order chi connectivity index (χ0) is 11.4. The van der Waals surface area contributed by atoms with Gasteiger partial charge < -0.3 is 15.3 Å². The Labute approximate surface area is 98.2 Å². The standard InChI is InChI=1S/C13H22N2O/c1-2-6-13(16)12-9-11(14-12)10-15-7-4-3-5-8-15/h11-14,16H,3-5,7-10H2,1H3/t11-,12-,13?/m0/s1. The van der Waals surface area contributed by atoms with E-state index in [0.29, 0.717) is 6.04 Å². The van der Waals surface area contributed by atoms with Crippen molar-refractivity contribution in [1.82, 2.24) is 10.2 Å². The largest absolute Gasteiger partial charge is 0.379 e. The van der Waals surface area contributed by atoms with Gasteiger partial charge in [0.25, 0.3) is 0 Å². The first-order valence-corrected chi connectivity index (χ1v) is 6.38. The van der Waals surface area contributed by atoms with Gasteiger partial charge in [0.15, 0.2) is 0 Å². The second-order valence-corrected chi connectivity index (χ2v) is 4.91. The lowest BCUT2D eigenvalue weighted by atomic mass is 9.92. The molecule has 3 atom stereocenters. The molecule has 2 aliphatic rings. The molecule has 0 spiro atoms. The van der Waals surface area contributed by atoms with E-state index in [9.17, 15) is 5.11 Å². The Balaban J connectivity index is 1.65. The molecule has 0 aromatic rings. The van der Waals surface area contributed by atoms with Crippen molar-refractivity contribution in [3.63, 3.8) is 0 Å². The highest BCUT2D eigenvalue weighted by atomic mass is 16.3. The van der Waals surface area contributed by atoms with Crippen LogP contribution in [0.4, 0.5) is 0 Å². The molecule has 2 N–H and O–H groups in total. The molecule has 0 saturated carbocycles. The Morgan fingerprint density at radius 2 is 2.06 bits per heavy atom. The van der Waals surface area contributed by atoms with Crippen LogP contribution >= 0.6 is 0 Å². The lowest BCUT2D eigenvalue weighted by Gasteiger charge is -2.42. The summed E-state index contributed by atoms with van der Waals surface area (Å²) in [5, 5.41) is 13.1. The summed E-state index contributed by atoms with van der Waals surface area (Å²) in [7, 11) is 0. The first-order valence-electron chi connectivity index (χ1n) is 6.38. The maximum Gasteiger partial charge on any atom is 0.130 e. The summed E-state index contributed by atoms with van der Waals surface area (Å²) in [4.78, 5) is 2.54. The fourth-order valence-electron chi connectivity index (χ4n) is 2.63. The summed E-state index contributed by atoms with van der Waals surface area (Å²) in [6.07, 6.45) is 4.66. The maximum atomic E-state index is 9.64. The third-order valence-corrected chi connectivity index (χ3v) is 3.59. The van der Waals surface area contributed by atoms with E-state index in [2.05, 4.69) is 22.1 Å². The van der Waals surface area contributed by atoms with E-state index in [0.717, 1.165) is 13.0 Å². The molecule has 0 amide bonds. The molecule has 3 heteroatoms. The summed E-state index contributed by atoms with van der Waals surface area (Å²) in [5.74, 6) is 5.56. The normalized spacial score (nSPS) is 32.4. The fourth-order valence-corrected chi connectivity index (χ4v) is 2.63. The number of hydrogen-bond donors (Lipinski definition) is 2. The Hall–Kier alpha value is -0.560. The molecule has 2 heterocycles. The number of piperidine rings is 1. The summed E-state index contributed by atoms with van der Waals surface area (Å²) in [5.41, 5.74) is 0. The van der Waals surface area contributed by atoms with Crippen LogP contribution in [0.5, 0.6) is 0 Å². The molecule has 0 aromatic heterocycles. The van der Waals surface area contributed by atoms with Crippen molar-refractivity contribution in [2.75, 3.05) is 19.6 Å². The molecule has 0 aromatic carbocycles. The van der Waals surface area contributed by atoms with Crippen molar-refractivity contribution >= 4 is 0 Å². The van der Waals surface area contributed by atoms with Crippen LogP contribution in [-0.4, -0.2) is 47.8 Å². The van der Waals surface area contributed by atoms with Gasteiger partial charge in [-0.2, -0.15) is 0 Å². The molecule has 16 heavy (non-hydrogen) atoms. The van der Waals surface area contributed by atoms with Gasteiger partial charge in [-0.25, -0.2) is 0 Å². The van der Waals surface area contributed by atoms with Crippen LogP contribution in [0.2, 0.25) is 0 Å². The lowest BCUT2D eigenvalue weighted by Crippen LogP contribution is -2.61. The van der Waals surface area contributed by atoms with Crippen molar-refractivity contribution in [2.24, 2.45) is 0 Å². The van der Waals surface area contributed by atoms with E-state index in [4.69, 9.17) is 0 Å². The highest BCUT2D eigenvalue weighted by Gasteiger charge is 2.33. The molecule has 0 aliphatic carbocycles. The van der Waals surface area contributed by atoms with Crippen LogP contribution < -0.4 is 5.32 Å². The molecule has 90 valence electrons. The third kappa shape index (κ3) is 2.98.